The molecule has 0 saturated heterocycles. The Kier molecular flexibility index (Phi) is 3.97. The molecule has 0 radical (unpaired) electrons. The van der Waals surface area contributed by atoms with Gasteiger partial charge in [-0.3, -0.25) is 4.79 Å². The van der Waals surface area contributed by atoms with Gasteiger partial charge in [0.05, 0.1) is 0 Å². The number of methoxy groups -OCH3 is 1. The standard InChI is InChI=1S/C14H18FNO2/c1-10(18-2)14(17)16(12-7-8-12)9-11-5-3-4-6-13(11)15/h3-6,10,12H,7-9H2,1-2H3. The summed E-state index contributed by atoms with van der Waals surface area (Å²) in [5, 5.41) is 0. The quantitative estimate of drug-likeness (QED) is 0.804. The number of hydrogen-bond acceptors (Lipinski definition) is 2. The van der Waals surface area contributed by atoms with E-state index in [4.69, 9.17) is 4.74 Å². The number of ether oxygens (including phenoxy) is 1. The molecule has 98 valence electrons. The highest BCUT2D eigenvalue weighted by molar-refractivity contribution is 5.81. The van der Waals surface area contributed by atoms with Crippen molar-refractivity contribution in [3.05, 3.63) is 35.6 Å². The van der Waals surface area contributed by atoms with E-state index in [9.17, 15) is 9.18 Å². The Morgan fingerprint density at radius 1 is 1.50 bits per heavy atom. The number of carbonyl (C=O) groups is 1. The molecule has 1 aliphatic rings. The molecule has 1 saturated carbocycles. The molecule has 4 heteroatoms. The maximum absolute atomic E-state index is 13.6. The van der Waals surface area contributed by atoms with E-state index in [1.54, 1.807) is 30.0 Å². The lowest BCUT2D eigenvalue weighted by molar-refractivity contribution is -0.142. The Labute approximate surface area is 107 Å². The number of benzene rings is 1. The topological polar surface area (TPSA) is 29.5 Å². The average Bonchev–Trinajstić information content (AvgIpc) is 3.20. The number of amides is 1. The fraction of sp³-hybridized carbons (Fsp3) is 0.500. The second-order valence-electron chi connectivity index (χ2n) is 4.67. The number of nitrogens with zero attached hydrogens (tertiary/aromatic N) is 1. The molecule has 1 fully saturated rings. The molecule has 1 unspecified atom stereocenters. The largest absolute Gasteiger partial charge is 0.372 e. The third-order valence-corrected chi connectivity index (χ3v) is 3.27. The smallest absolute Gasteiger partial charge is 0.251 e. The molecule has 1 aromatic carbocycles. The second kappa shape index (κ2) is 5.48. The first kappa shape index (κ1) is 13.0. The van der Waals surface area contributed by atoms with Crippen LogP contribution < -0.4 is 0 Å². The van der Waals surface area contributed by atoms with Crippen LogP contribution in [0.25, 0.3) is 0 Å². The van der Waals surface area contributed by atoms with Gasteiger partial charge in [0.2, 0.25) is 0 Å². The molecule has 0 aromatic heterocycles. The van der Waals surface area contributed by atoms with Crippen LogP contribution >= 0.6 is 0 Å². The van der Waals surface area contributed by atoms with Crippen molar-refractivity contribution in [3.8, 4) is 0 Å². The van der Waals surface area contributed by atoms with Gasteiger partial charge < -0.3 is 9.64 Å². The fourth-order valence-electron chi connectivity index (χ4n) is 1.92. The molecule has 0 spiro atoms. The third-order valence-electron chi connectivity index (χ3n) is 3.27. The minimum atomic E-state index is -0.475. The molecular weight excluding hydrogens is 233 g/mol. The summed E-state index contributed by atoms with van der Waals surface area (Å²) in [4.78, 5) is 13.9. The van der Waals surface area contributed by atoms with Gasteiger partial charge in [0.1, 0.15) is 11.9 Å². The molecule has 1 aliphatic carbocycles. The predicted molar refractivity (Wildman–Crippen MR) is 66.4 cm³/mol. The first-order valence-electron chi connectivity index (χ1n) is 6.20. The molecule has 3 nitrogen and oxygen atoms in total. The summed E-state index contributed by atoms with van der Waals surface area (Å²) in [5.41, 5.74) is 0.557. The van der Waals surface area contributed by atoms with Gasteiger partial charge in [-0.25, -0.2) is 4.39 Å². The number of hydrogen-bond donors (Lipinski definition) is 0. The monoisotopic (exact) mass is 251 g/mol. The summed E-state index contributed by atoms with van der Waals surface area (Å²) in [7, 11) is 1.51. The van der Waals surface area contributed by atoms with E-state index in [2.05, 4.69) is 0 Å². The Hall–Kier alpha value is -1.42. The Bertz CT molecular complexity index is 432. The summed E-state index contributed by atoms with van der Waals surface area (Å²) in [6, 6.07) is 6.82. The number of carbonyl (C=O) groups excluding carboxylic acids is 1. The highest BCUT2D eigenvalue weighted by Gasteiger charge is 2.34. The third kappa shape index (κ3) is 2.88. The highest BCUT2D eigenvalue weighted by Crippen LogP contribution is 2.29. The van der Waals surface area contributed by atoms with E-state index >= 15 is 0 Å². The zero-order valence-electron chi connectivity index (χ0n) is 10.7. The SMILES string of the molecule is COC(C)C(=O)N(Cc1ccccc1F)C1CC1. The summed E-state index contributed by atoms with van der Waals surface area (Å²) < 4.78 is 18.7. The summed E-state index contributed by atoms with van der Waals surface area (Å²) in [6.07, 6.45) is 1.52. The van der Waals surface area contributed by atoms with E-state index in [1.165, 1.54) is 13.2 Å². The molecule has 0 heterocycles. The van der Waals surface area contributed by atoms with Gasteiger partial charge in [0, 0.05) is 25.3 Å². The molecule has 18 heavy (non-hydrogen) atoms. The van der Waals surface area contributed by atoms with Crippen LogP contribution in [-0.4, -0.2) is 30.1 Å². The van der Waals surface area contributed by atoms with E-state index in [0.717, 1.165) is 12.8 Å². The first-order chi connectivity index (χ1) is 8.63. The Morgan fingerprint density at radius 2 is 2.17 bits per heavy atom. The minimum Gasteiger partial charge on any atom is -0.372 e. The molecular formula is C14H18FNO2. The van der Waals surface area contributed by atoms with Gasteiger partial charge >= 0.3 is 0 Å². The normalized spacial score (nSPS) is 16.4. The lowest BCUT2D eigenvalue weighted by Crippen LogP contribution is -2.39. The fourth-order valence-corrected chi connectivity index (χ4v) is 1.92. The molecule has 1 aromatic rings. The van der Waals surface area contributed by atoms with Gasteiger partial charge in [0.15, 0.2) is 0 Å². The molecule has 0 aliphatic heterocycles. The van der Waals surface area contributed by atoms with E-state index in [0.29, 0.717) is 12.1 Å². The van der Waals surface area contributed by atoms with Crippen LogP contribution in [0.3, 0.4) is 0 Å². The highest BCUT2D eigenvalue weighted by atomic mass is 19.1. The van der Waals surface area contributed by atoms with Crippen molar-refractivity contribution >= 4 is 5.91 Å². The summed E-state index contributed by atoms with van der Waals surface area (Å²) in [5.74, 6) is -0.329. The van der Waals surface area contributed by atoms with Crippen molar-refractivity contribution in [1.29, 1.82) is 0 Å². The van der Waals surface area contributed by atoms with Gasteiger partial charge in [-0.15, -0.1) is 0 Å². The minimum absolute atomic E-state index is 0.0664. The van der Waals surface area contributed by atoms with Crippen molar-refractivity contribution in [2.24, 2.45) is 0 Å². The van der Waals surface area contributed by atoms with Gasteiger partial charge in [-0.2, -0.15) is 0 Å². The summed E-state index contributed by atoms with van der Waals surface area (Å²) >= 11 is 0. The molecule has 0 N–H and O–H groups in total. The van der Waals surface area contributed by atoms with Crippen LogP contribution in [0.4, 0.5) is 4.39 Å². The lowest BCUT2D eigenvalue weighted by atomic mass is 10.2. The second-order valence-corrected chi connectivity index (χ2v) is 4.67. The van der Waals surface area contributed by atoms with E-state index in [-0.39, 0.29) is 17.8 Å². The molecule has 2 rings (SSSR count). The summed E-state index contributed by atoms with van der Waals surface area (Å²) in [6.45, 7) is 2.04. The lowest BCUT2D eigenvalue weighted by Gasteiger charge is -2.25. The van der Waals surface area contributed by atoms with Crippen molar-refractivity contribution in [2.75, 3.05) is 7.11 Å². The maximum Gasteiger partial charge on any atom is 0.251 e. The Morgan fingerprint density at radius 3 is 2.72 bits per heavy atom. The van der Waals surface area contributed by atoms with Crippen LogP contribution in [0.15, 0.2) is 24.3 Å². The van der Waals surface area contributed by atoms with Crippen LogP contribution in [0.5, 0.6) is 0 Å². The van der Waals surface area contributed by atoms with Crippen molar-refractivity contribution in [2.45, 2.75) is 38.5 Å². The average molecular weight is 251 g/mol. The van der Waals surface area contributed by atoms with Crippen molar-refractivity contribution in [1.82, 2.24) is 4.90 Å². The first-order valence-corrected chi connectivity index (χ1v) is 6.20. The van der Waals surface area contributed by atoms with E-state index in [1.807, 2.05) is 0 Å². The van der Waals surface area contributed by atoms with Crippen molar-refractivity contribution in [3.63, 3.8) is 0 Å². The number of halogens is 1. The van der Waals surface area contributed by atoms with Crippen LogP contribution in [-0.2, 0) is 16.1 Å². The van der Waals surface area contributed by atoms with Crippen LogP contribution in [0.2, 0.25) is 0 Å². The molecule has 1 atom stereocenters. The molecule has 1 amide bonds. The zero-order chi connectivity index (χ0) is 13.1. The van der Waals surface area contributed by atoms with Crippen LogP contribution in [0, 0.1) is 5.82 Å². The van der Waals surface area contributed by atoms with Gasteiger partial charge in [0.25, 0.3) is 5.91 Å². The Balaban J connectivity index is 2.12. The van der Waals surface area contributed by atoms with Crippen molar-refractivity contribution < 1.29 is 13.9 Å². The predicted octanol–water partition coefficient (Wildman–Crippen LogP) is 2.35. The van der Waals surface area contributed by atoms with Crippen LogP contribution in [0.1, 0.15) is 25.3 Å². The molecule has 0 bridgehead atoms. The van der Waals surface area contributed by atoms with E-state index < -0.39 is 6.10 Å². The van der Waals surface area contributed by atoms with Gasteiger partial charge in [-0.1, -0.05) is 18.2 Å². The zero-order valence-corrected chi connectivity index (χ0v) is 10.7. The maximum atomic E-state index is 13.6. The van der Waals surface area contributed by atoms with Gasteiger partial charge in [-0.05, 0) is 25.8 Å². The number of rotatable bonds is 5.